The summed E-state index contributed by atoms with van der Waals surface area (Å²) in [6, 6.07) is 4.12. The lowest BCUT2D eigenvalue weighted by molar-refractivity contribution is -0.192. The molecule has 1 aliphatic rings. The summed E-state index contributed by atoms with van der Waals surface area (Å²) in [6.45, 7) is 1.24. The van der Waals surface area contributed by atoms with Gasteiger partial charge in [0.05, 0.1) is 10.6 Å². The van der Waals surface area contributed by atoms with Gasteiger partial charge in [-0.25, -0.2) is 9.18 Å². The highest BCUT2D eigenvalue weighted by atomic mass is 35.5. The fraction of sp³-hybridized carbons (Fsp3) is 0.333. The molecule has 0 aliphatic carbocycles. The maximum absolute atomic E-state index is 13.4. The van der Waals surface area contributed by atoms with Crippen LogP contribution in [0.4, 0.5) is 17.6 Å². The Balaban J connectivity index is 0.000000572. The zero-order chi connectivity index (χ0) is 27.2. The molecule has 2 aromatic rings. The lowest BCUT2D eigenvalue weighted by atomic mass is 9.96. The van der Waals surface area contributed by atoms with E-state index < -0.39 is 41.1 Å². The smallest absolute Gasteiger partial charge is 0.490 e. The molecule has 1 aromatic carbocycles. The van der Waals surface area contributed by atoms with Gasteiger partial charge in [-0.15, -0.1) is 0 Å². The Morgan fingerprint density at radius 2 is 1.86 bits per heavy atom. The van der Waals surface area contributed by atoms with Gasteiger partial charge in [0.25, 0.3) is 17.4 Å². The number of amides is 2. The molecule has 5 N–H and O–H groups in total. The Kier molecular flexibility index (Phi) is 9.42. The second-order valence-corrected chi connectivity index (χ2v) is 7.83. The zero-order valence-electron chi connectivity index (χ0n) is 18.6. The van der Waals surface area contributed by atoms with Crippen LogP contribution in [0.25, 0.3) is 0 Å². The van der Waals surface area contributed by atoms with Crippen molar-refractivity contribution in [3.8, 4) is 5.75 Å². The van der Waals surface area contributed by atoms with E-state index in [1.165, 1.54) is 23.1 Å². The molecule has 2 amide bonds. The zero-order valence-corrected chi connectivity index (χ0v) is 19.4. The van der Waals surface area contributed by atoms with E-state index in [-0.39, 0.29) is 35.8 Å². The summed E-state index contributed by atoms with van der Waals surface area (Å²) in [4.78, 5) is 50.2. The number of likely N-dealkylation sites (N-methyl/N-ethyl adjacent to an activating group) is 1. The maximum Gasteiger partial charge on any atom is 0.490 e. The van der Waals surface area contributed by atoms with Crippen LogP contribution in [0.2, 0.25) is 5.02 Å². The van der Waals surface area contributed by atoms with E-state index in [1.807, 2.05) is 0 Å². The average Bonchev–Trinajstić information content (AvgIpc) is 2.80. The molecule has 0 unspecified atom stereocenters. The number of carboxylic acid groups (broad SMARTS) is 1. The predicted octanol–water partition coefficient (Wildman–Crippen LogP) is 1.65. The summed E-state index contributed by atoms with van der Waals surface area (Å²) < 4.78 is 45.1. The number of aromatic amines is 1. The van der Waals surface area contributed by atoms with Crippen molar-refractivity contribution in [2.75, 3.05) is 26.7 Å². The highest BCUT2D eigenvalue weighted by molar-refractivity contribution is 6.30. The quantitative estimate of drug-likeness (QED) is 0.278. The molecule has 3 rings (SSSR count). The number of nitrogens with zero attached hydrogens (tertiary/aromatic N) is 1. The third-order valence-corrected chi connectivity index (χ3v) is 5.20. The summed E-state index contributed by atoms with van der Waals surface area (Å²) in [5, 5.41) is 22.8. The van der Waals surface area contributed by atoms with E-state index in [0.29, 0.717) is 24.2 Å². The van der Waals surface area contributed by atoms with Crippen LogP contribution < -0.4 is 16.2 Å². The third kappa shape index (κ3) is 6.95. The van der Waals surface area contributed by atoms with Crippen molar-refractivity contribution >= 4 is 29.4 Å². The summed E-state index contributed by atoms with van der Waals surface area (Å²) in [7, 11) is 1.73. The second-order valence-electron chi connectivity index (χ2n) is 7.42. The molecule has 0 bridgehead atoms. The van der Waals surface area contributed by atoms with Crippen molar-refractivity contribution in [3.05, 3.63) is 61.8 Å². The van der Waals surface area contributed by atoms with E-state index in [0.717, 1.165) is 0 Å². The molecule has 0 saturated carbocycles. The number of aliphatic carboxylic acids is 1. The SMILES string of the molecule is CNCCNC(=O)c1[nH]c(=O)c(O)c2c1CCN(Cc1ccc(F)c(Cl)c1)C2=O.O=C(O)C(F)(F)F. The lowest BCUT2D eigenvalue weighted by Crippen LogP contribution is -2.41. The standard InChI is InChI=1S/C19H20ClFN4O4.C2HF3O2/c1-22-5-6-23-17(27)15-11-4-7-25(9-10-2-3-13(21)12(20)8-10)19(29)14(11)16(26)18(28)24-15;3-2(4,5)1(6)7/h2-3,8,22,26H,4-7,9H2,1H3,(H,23,27)(H,24,28);(H,6,7). The van der Waals surface area contributed by atoms with Crippen molar-refractivity contribution in [2.24, 2.45) is 0 Å². The van der Waals surface area contributed by atoms with E-state index in [4.69, 9.17) is 21.5 Å². The molecular formula is C21H21ClF4N4O6. The summed E-state index contributed by atoms with van der Waals surface area (Å²) in [5.41, 5.74) is -0.240. The Bertz CT molecular complexity index is 1220. The fourth-order valence-electron chi connectivity index (χ4n) is 3.21. The molecule has 0 saturated heterocycles. The maximum atomic E-state index is 13.4. The van der Waals surface area contributed by atoms with Gasteiger partial charge in [0.1, 0.15) is 11.5 Å². The van der Waals surface area contributed by atoms with Gasteiger partial charge in [-0.3, -0.25) is 14.4 Å². The number of fused-ring (bicyclic) bond motifs is 1. The van der Waals surface area contributed by atoms with E-state index in [1.54, 1.807) is 7.05 Å². The number of rotatable bonds is 6. The van der Waals surface area contributed by atoms with E-state index in [2.05, 4.69) is 15.6 Å². The first kappa shape index (κ1) is 28.6. The monoisotopic (exact) mass is 536 g/mol. The summed E-state index contributed by atoms with van der Waals surface area (Å²) in [6.07, 6.45) is -4.82. The number of alkyl halides is 3. The Labute approximate surface area is 205 Å². The topological polar surface area (TPSA) is 152 Å². The van der Waals surface area contributed by atoms with Crippen molar-refractivity contribution in [1.29, 1.82) is 0 Å². The first-order valence-corrected chi connectivity index (χ1v) is 10.6. The summed E-state index contributed by atoms with van der Waals surface area (Å²) >= 11 is 5.79. The molecule has 0 atom stereocenters. The number of carboxylic acids is 1. The van der Waals surface area contributed by atoms with Crippen LogP contribution in [0.5, 0.6) is 5.75 Å². The first-order chi connectivity index (χ1) is 16.8. The minimum absolute atomic E-state index is 0.0308. The molecule has 10 nitrogen and oxygen atoms in total. The van der Waals surface area contributed by atoms with Crippen LogP contribution in [0.1, 0.15) is 32.0 Å². The second kappa shape index (κ2) is 11.9. The van der Waals surface area contributed by atoms with Crippen LogP contribution >= 0.6 is 11.6 Å². The van der Waals surface area contributed by atoms with Crippen LogP contribution in [-0.2, 0) is 17.8 Å². The van der Waals surface area contributed by atoms with E-state index in [9.17, 15) is 37.1 Å². The number of nitrogens with one attached hydrogen (secondary N) is 3. The average molecular weight is 537 g/mol. The van der Waals surface area contributed by atoms with Crippen molar-refractivity contribution < 1.29 is 42.2 Å². The van der Waals surface area contributed by atoms with Crippen molar-refractivity contribution in [3.63, 3.8) is 0 Å². The molecule has 0 spiro atoms. The normalized spacial score (nSPS) is 12.9. The van der Waals surface area contributed by atoms with Gasteiger partial charge in [-0.2, -0.15) is 13.2 Å². The molecule has 2 heterocycles. The lowest BCUT2D eigenvalue weighted by Gasteiger charge is -2.30. The molecule has 15 heteroatoms. The number of benzene rings is 1. The Morgan fingerprint density at radius 1 is 1.22 bits per heavy atom. The minimum Gasteiger partial charge on any atom is -0.502 e. The Hall–Kier alpha value is -3.65. The van der Waals surface area contributed by atoms with Crippen LogP contribution in [0, 0.1) is 5.82 Å². The number of pyridine rings is 1. The van der Waals surface area contributed by atoms with Gasteiger partial charge in [0.2, 0.25) is 0 Å². The van der Waals surface area contributed by atoms with Crippen LogP contribution in [-0.4, -0.2) is 70.7 Å². The number of hydrogen-bond acceptors (Lipinski definition) is 6. The van der Waals surface area contributed by atoms with Crippen molar-refractivity contribution in [1.82, 2.24) is 20.5 Å². The number of hydrogen-bond donors (Lipinski definition) is 5. The van der Waals surface area contributed by atoms with E-state index >= 15 is 0 Å². The molecule has 0 fully saturated rings. The van der Waals surface area contributed by atoms with Gasteiger partial charge in [-0.1, -0.05) is 17.7 Å². The molecule has 0 radical (unpaired) electrons. The molecular weight excluding hydrogens is 516 g/mol. The van der Waals surface area contributed by atoms with Gasteiger partial charge >= 0.3 is 12.1 Å². The number of halogens is 5. The number of carbonyl (C=O) groups excluding carboxylic acids is 2. The van der Waals surface area contributed by atoms with Gasteiger partial charge < -0.3 is 30.7 Å². The summed E-state index contributed by atoms with van der Waals surface area (Å²) in [5.74, 6) is -5.16. The highest BCUT2D eigenvalue weighted by Gasteiger charge is 2.38. The predicted molar refractivity (Wildman–Crippen MR) is 119 cm³/mol. The van der Waals surface area contributed by atoms with Crippen molar-refractivity contribution in [2.45, 2.75) is 19.1 Å². The first-order valence-electron chi connectivity index (χ1n) is 10.2. The largest absolute Gasteiger partial charge is 0.502 e. The number of carbonyl (C=O) groups is 3. The van der Waals surface area contributed by atoms with Crippen LogP contribution in [0.3, 0.4) is 0 Å². The number of aromatic nitrogens is 1. The molecule has 36 heavy (non-hydrogen) atoms. The van der Waals surface area contributed by atoms with Gasteiger partial charge in [0.15, 0.2) is 5.75 Å². The number of H-pyrrole nitrogens is 1. The Morgan fingerprint density at radius 3 is 2.42 bits per heavy atom. The molecule has 196 valence electrons. The molecule has 1 aliphatic heterocycles. The third-order valence-electron chi connectivity index (χ3n) is 4.91. The molecule has 1 aromatic heterocycles. The fourth-order valence-corrected chi connectivity index (χ4v) is 3.41. The van der Waals surface area contributed by atoms with Crippen LogP contribution in [0.15, 0.2) is 23.0 Å². The van der Waals surface area contributed by atoms with Gasteiger partial charge in [0, 0.05) is 26.2 Å². The minimum atomic E-state index is -5.08. The number of aromatic hydroxyl groups is 1. The highest BCUT2D eigenvalue weighted by Crippen LogP contribution is 2.28. The van der Waals surface area contributed by atoms with Gasteiger partial charge in [-0.05, 0) is 36.7 Å².